The lowest BCUT2D eigenvalue weighted by Crippen LogP contribution is -2.38. The van der Waals surface area contributed by atoms with E-state index in [0.717, 1.165) is 13.1 Å². The summed E-state index contributed by atoms with van der Waals surface area (Å²) in [5, 5.41) is 0. The summed E-state index contributed by atoms with van der Waals surface area (Å²) in [6.07, 6.45) is -0.999. The fraction of sp³-hybridized carbons (Fsp3) is 0.692. The van der Waals surface area contributed by atoms with E-state index in [4.69, 9.17) is 9.47 Å². The molecule has 0 bridgehead atoms. The van der Waals surface area contributed by atoms with Crippen LogP contribution in [0.25, 0.3) is 0 Å². The predicted octanol–water partition coefficient (Wildman–Crippen LogP) is 1.35. The zero-order chi connectivity index (χ0) is 14.5. The summed E-state index contributed by atoms with van der Waals surface area (Å²) in [7, 11) is 0. The molecule has 1 saturated heterocycles. The van der Waals surface area contributed by atoms with Crippen LogP contribution in [0, 0.1) is 0 Å². The number of hydrogen-bond donors (Lipinski definition) is 0. The summed E-state index contributed by atoms with van der Waals surface area (Å²) in [6.45, 7) is 11.8. The van der Waals surface area contributed by atoms with Crippen LogP contribution in [0.5, 0.6) is 0 Å². The van der Waals surface area contributed by atoms with Gasteiger partial charge in [0.1, 0.15) is 5.60 Å². The van der Waals surface area contributed by atoms with Crippen LogP contribution in [-0.2, 0) is 19.0 Å². The second kappa shape index (κ2) is 6.68. The maximum Gasteiger partial charge on any atom is 0.516 e. The molecule has 0 amide bonds. The van der Waals surface area contributed by atoms with Gasteiger partial charge in [0, 0.05) is 25.2 Å². The molecule has 0 aromatic rings. The highest BCUT2D eigenvalue weighted by atomic mass is 16.7. The largest absolute Gasteiger partial charge is 0.516 e. The lowest BCUT2D eigenvalue weighted by molar-refractivity contribution is -0.137. The van der Waals surface area contributed by atoms with E-state index in [1.54, 1.807) is 20.8 Å². The lowest BCUT2D eigenvalue weighted by atomic mass is 10.2. The number of esters is 1. The maximum atomic E-state index is 11.6. The van der Waals surface area contributed by atoms with Crippen molar-refractivity contribution in [3.8, 4) is 0 Å². The third kappa shape index (κ3) is 6.35. The Morgan fingerprint density at radius 2 is 1.84 bits per heavy atom. The molecule has 0 aromatic heterocycles. The quantitative estimate of drug-likeness (QED) is 0.438. The Hall–Kier alpha value is -1.40. The van der Waals surface area contributed by atoms with Crippen LogP contribution < -0.4 is 0 Å². The Balaban J connectivity index is 2.35. The van der Waals surface area contributed by atoms with Gasteiger partial charge in [-0.1, -0.05) is 6.58 Å². The average Bonchev–Trinajstić information content (AvgIpc) is 2.27. The topological polar surface area (TPSA) is 65.1 Å². The normalized spacial score (nSPS) is 16.8. The number of carbonyl (C=O) groups excluding carboxylic acids is 2. The van der Waals surface area contributed by atoms with E-state index in [1.165, 1.54) is 0 Å². The fourth-order valence-electron chi connectivity index (χ4n) is 1.51. The third-order valence-corrected chi connectivity index (χ3v) is 2.37. The van der Waals surface area contributed by atoms with Gasteiger partial charge in [-0.05, 0) is 20.8 Å². The first-order valence-electron chi connectivity index (χ1n) is 6.21. The molecular weight excluding hydrogens is 250 g/mol. The van der Waals surface area contributed by atoms with Crippen molar-refractivity contribution in [2.24, 2.45) is 0 Å². The van der Waals surface area contributed by atoms with Crippen LogP contribution in [0.3, 0.4) is 0 Å². The molecule has 0 saturated carbocycles. The van der Waals surface area contributed by atoms with Crippen molar-refractivity contribution in [3.05, 3.63) is 12.2 Å². The average molecular weight is 271 g/mol. The van der Waals surface area contributed by atoms with Gasteiger partial charge in [-0.25, -0.2) is 9.59 Å². The monoisotopic (exact) mass is 271 g/mol. The summed E-state index contributed by atoms with van der Waals surface area (Å²) < 4.78 is 14.7. The zero-order valence-corrected chi connectivity index (χ0v) is 11.7. The van der Waals surface area contributed by atoms with Gasteiger partial charge in [-0.3, -0.25) is 4.90 Å². The molecule has 0 radical (unpaired) electrons. The minimum Gasteiger partial charge on any atom is -0.428 e. The van der Waals surface area contributed by atoms with Gasteiger partial charge >= 0.3 is 12.1 Å². The molecule has 1 rings (SSSR count). The number of morpholine rings is 1. The van der Waals surface area contributed by atoms with Crippen molar-refractivity contribution >= 4 is 12.1 Å². The van der Waals surface area contributed by atoms with E-state index in [1.807, 2.05) is 4.90 Å². The summed E-state index contributed by atoms with van der Waals surface area (Å²) in [5.74, 6) is -0.749. The highest BCUT2D eigenvalue weighted by molar-refractivity contribution is 5.94. The molecular formula is C13H21NO5. The Morgan fingerprint density at radius 3 is 2.37 bits per heavy atom. The SMILES string of the molecule is C=C(CN1CCOCC1)C(=O)OC(=O)OC(C)(C)C. The molecule has 1 aliphatic rings. The van der Waals surface area contributed by atoms with Gasteiger partial charge in [0.15, 0.2) is 0 Å². The van der Waals surface area contributed by atoms with E-state index >= 15 is 0 Å². The molecule has 0 atom stereocenters. The molecule has 0 unspecified atom stereocenters. The standard InChI is InChI=1S/C13H21NO5/c1-10(9-14-5-7-17-8-6-14)11(15)18-12(16)19-13(2,3)4/h1,5-9H2,2-4H3. The summed E-state index contributed by atoms with van der Waals surface area (Å²) in [6, 6.07) is 0. The van der Waals surface area contributed by atoms with Gasteiger partial charge < -0.3 is 14.2 Å². The van der Waals surface area contributed by atoms with E-state index in [-0.39, 0.29) is 5.57 Å². The van der Waals surface area contributed by atoms with Crippen LogP contribution >= 0.6 is 0 Å². The zero-order valence-electron chi connectivity index (χ0n) is 11.7. The molecule has 0 spiro atoms. The molecule has 108 valence electrons. The first kappa shape index (κ1) is 15.7. The predicted molar refractivity (Wildman–Crippen MR) is 68.7 cm³/mol. The smallest absolute Gasteiger partial charge is 0.428 e. The fourth-order valence-corrected chi connectivity index (χ4v) is 1.51. The first-order valence-corrected chi connectivity index (χ1v) is 6.21. The highest BCUT2D eigenvalue weighted by Gasteiger charge is 2.22. The Morgan fingerprint density at radius 1 is 1.26 bits per heavy atom. The van der Waals surface area contributed by atoms with E-state index < -0.39 is 17.7 Å². The van der Waals surface area contributed by atoms with Crippen LogP contribution in [0.2, 0.25) is 0 Å². The molecule has 1 heterocycles. The molecule has 1 fully saturated rings. The van der Waals surface area contributed by atoms with Crippen molar-refractivity contribution in [3.63, 3.8) is 0 Å². The van der Waals surface area contributed by atoms with Gasteiger partial charge in [0.05, 0.1) is 13.2 Å². The second-order valence-electron chi connectivity index (χ2n) is 5.35. The lowest BCUT2D eigenvalue weighted by Gasteiger charge is -2.26. The summed E-state index contributed by atoms with van der Waals surface area (Å²) >= 11 is 0. The van der Waals surface area contributed by atoms with Crippen molar-refractivity contribution < 1.29 is 23.8 Å². The van der Waals surface area contributed by atoms with Crippen LogP contribution in [-0.4, -0.2) is 55.5 Å². The number of hydrogen-bond acceptors (Lipinski definition) is 6. The van der Waals surface area contributed by atoms with Crippen molar-refractivity contribution in [1.29, 1.82) is 0 Å². The van der Waals surface area contributed by atoms with Crippen molar-refractivity contribution in [2.75, 3.05) is 32.8 Å². The Bertz CT molecular complexity index is 353. The van der Waals surface area contributed by atoms with Crippen molar-refractivity contribution in [1.82, 2.24) is 4.90 Å². The van der Waals surface area contributed by atoms with Gasteiger partial charge in [0.25, 0.3) is 0 Å². The van der Waals surface area contributed by atoms with E-state index in [9.17, 15) is 9.59 Å². The minimum atomic E-state index is -0.999. The third-order valence-electron chi connectivity index (χ3n) is 2.37. The molecule has 0 N–H and O–H groups in total. The number of ether oxygens (including phenoxy) is 3. The van der Waals surface area contributed by atoms with Crippen molar-refractivity contribution in [2.45, 2.75) is 26.4 Å². The molecule has 19 heavy (non-hydrogen) atoms. The Labute approximate surface area is 113 Å². The number of carbonyl (C=O) groups is 2. The number of rotatable bonds is 3. The van der Waals surface area contributed by atoms with E-state index in [0.29, 0.717) is 19.8 Å². The van der Waals surface area contributed by atoms with Crippen LogP contribution in [0.1, 0.15) is 20.8 Å². The number of nitrogens with zero attached hydrogens (tertiary/aromatic N) is 1. The second-order valence-corrected chi connectivity index (χ2v) is 5.35. The van der Waals surface area contributed by atoms with Gasteiger partial charge in [-0.2, -0.15) is 0 Å². The molecule has 6 nitrogen and oxygen atoms in total. The van der Waals surface area contributed by atoms with Crippen LogP contribution in [0.15, 0.2) is 12.2 Å². The summed E-state index contributed by atoms with van der Waals surface area (Å²) in [4.78, 5) is 25.0. The summed E-state index contributed by atoms with van der Waals surface area (Å²) in [5.41, 5.74) is -0.462. The molecule has 0 aromatic carbocycles. The first-order chi connectivity index (χ1) is 8.78. The Kier molecular flexibility index (Phi) is 5.50. The minimum absolute atomic E-state index is 0.229. The molecule has 1 aliphatic heterocycles. The molecule has 6 heteroatoms. The highest BCUT2D eigenvalue weighted by Crippen LogP contribution is 2.10. The van der Waals surface area contributed by atoms with Gasteiger partial charge in [0.2, 0.25) is 0 Å². The van der Waals surface area contributed by atoms with E-state index in [2.05, 4.69) is 11.3 Å². The maximum absolute atomic E-state index is 11.6. The van der Waals surface area contributed by atoms with Crippen LogP contribution in [0.4, 0.5) is 4.79 Å². The molecule has 0 aliphatic carbocycles. The van der Waals surface area contributed by atoms with Gasteiger partial charge in [-0.15, -0.1) is 0 Å².